The third-order valence-corrected chi connectivity index (χ3v) is 2.52. The Labute approximate surface area is 94.1 Å². The molecule has 0 bridgehead atoms. The second-order valence-electron chi connectivity index (χ2n) is 3.63. The van der Waals surface area contributed by atoms with E-state index in [0.29, 0.717) is 26.2 Å². The van der Waals surface area contributed by atoms with Crippen molar-refractivity contribution in [3.05, 3.63) is 0 Å². The van der Waals surface area contributed by atoms with Crippen LogP contribution in [-0.4, -0.2) is 61.4 Å². The Bertz CT molecular complexity index is 256. The van der Waals surface area contributed by atoms with Gasteiger partial charge in [0.1, 0.15) is 12.6 Å². The Balaban J connectivity index is 2.32. The van der Waals surface area contributed by atoms with Gasteiger partial charge in [-0.15, -0.1) is 0 Å². The van der Waals surface area contributed by atoms with Crippen molar-refractivity contribution < 1.29 is 24.2 Å². The third-order valence-electron chi connectivity index (χ3n) is 2.52. The molecule has 0 aromatic heterocycles. The number of nitrogens with zero attached hydrogens (tertiary/aromatic N) is 1. The molecule has 1 rings (SSSR count). The molecule has 6 nitrogen and oxygen atoms in total. The summed E-state index contributed by atoms with van der Waals surface area (Å²) in [5.41, 5.74) is 0. The minimum absolute atomic E-state index is 0.0762. The average molecular weight is 231 g/mol. The molecule has 0 unspecified atom stereocenters. The highest BCUT2D eigenvalue weighted by Crippen LogP contribution is 2.17. The lowest BCUT2D eigenvalue weighted by molar-refractivity contribution is -0.150. The monoisotopic (exact) mass is 231 g/mol. The SMILES string of the molecule is COCCOCC(=O)N1CCC[C@@H]1C(=O)O. The number of hydrogen-bond donors (Lipinski definition) is 1. The van der Waals surface area contributed by atoms with Crippen LogP contribution in [0.4, 0.5) is 0 Å². The van der Waals surface area contributed by atoms with Crippen LogP contribution >= 0.6 is 0 Å². The first-order valence-corrected chi connectivity index (χ1v) is 5.25. The van der Waals surface area contributed by atoms with E-state index in [4.69, 9.17) is 14.6 Å². The second kappa shape index (κ2) is 6.44. The molecule has 0 aromatic rings. The molecule has 1 saturated heterocycles. The van der Waals surface area contributed by atoms with Crippen molar-refractivity contribution in [2.24, 2.45) is 0 Å². The molecule has 1 aliphatic rings. The molecular formula is C10H17NO5. The van der Waals surface area contributed by atoms with Crippen LogP contribution in [0.5, 0.6) is 0 Å². The number of carboxylic acids is 1. The molecule has 1 heterocycles. The minimum Gasteiger partial charge on any atom is -0.480 e. The zero-order valence-corrected chi connectivity index (χ0v) is 9.35. The summed E-state index contributed by atoms with van der Waals surface area (Å²) in [4.78, 5) is 23.8. The van der Waals surface area contributed by atoms with Crippen molar-refractivity contribution in [1.82, 2.24) is 4.90 Å². The molecule has 0 aromatic carbocycles. The van der Waals surface area contributed by atoms with Gasteiger partial charge in [0.25, 0.3) is 0 Å². The second-order valence-corrected chi connectivity index (χ2v) is 3.63. The molecule has 0 aliphatic carbocycles. The first-order chi connectivity index (χ1) is 7.66. The lowest BCUT2D eigenvalue weighted by Gasteiger charge is -2.21. The van der Waals surface area contributed by atoms with Gasteiger partial charge in [-0.1, -0.05) is 0 Å². The first kappa shape index (κ1) is 12.9. The van der Waals surface area contributed by atoms with Gasteiger partial charge in [0, 0.05) is 13.7 Å². The van der Waals surface area contributed by atoms with Crippen LogP contribution < -0.4 is 0 Å². The molecule has 6 heteroatoms. The van der Waals surface area contributed by atoms with Gasteiger partial charge in [0.15, 0.2) is 0 Å². The number of ether oxygens (including phenoxy) is 2. The maximum Gasteiger partial charge on any atom is 0.326 e. The number of aliphatic carboxylic acids is 1. The van der Waals surface area contributed by atoms with Crippen LogP contribution in [0.1, 0.15) is 12.8 Å². The number of carboxylic acid groups (broad SMARTS) is 1. The molecule has 16 heavy (non-hydrogen) atoms. The van der Waals surface area contributed by atoms with Gasteiger partial charge in [-0.05, 0) is 12.8 Å². The predicted octanol–water partition coefficient (Wildman–Crippen LogP) is -0.275. The lowest BCUT2D eigenvalue weighted by Crippen LogP contribution is -2.42. The van der Waals surface area contributed by atoms with Crippen molar-refractivity contribution in [3.8, 4) is 0 Å². The molecule has 0 spiro atoms. The summed E-state index contributed by atoms with van der Waals surface area (Å²) >= 11 is 0. The van der Waals surface area contributed by atoms with Crippen LogP contribution in [0.3, 0.4) is 0 Å². The van der Waals surface area contributed by atoms with Crippen molar-refractivity contribution >= 4 is 11.9 Å². The average Bonchev–Trinajstić information content (AvgIpc) is 2.73. The molecule has 1 N–H and O–H groups in total. The van der Waals surface area contributed by atoms with E-state index in [1.54, 1.807) is 7.11 Å². The van der Waals surface area contributed by atoms with E-state index in [-0.39, 0.29) is 12.5 Å². The highest BCUT2D eigenvalue weighted by Gasteiger charge is 2.33. The van der Waals surface area contributed by atoms with Gasteiger partial charge in [-0.25, -0.2) is 4.79 Å². The molecule has 92 valence electrons. The minimum atomic E-state index is -0.942. The first-order valence-electron chi connectivity index (χ1n) is 5.25. The van der Waals surface area contributed by atoms with Crippen molar-refractivity contribution in [3.63, 3.8) is 0 Å². The Kier molecular flexibility index (Phi) is 5.21. The van der Waals surface area contributed by atoms with Gasteiger partial charge in [0.2, 0.25) is 5.91 Å². The number of carbonyl (C=O) groups excluding carboxylic acids is 1. The molecular weight excluding hydrogens is 214 g/mol. The summed E-state index contributed by atoms with van der Waals surface area (Å²) in [5.74, 6) is -1.20. The summed E-state index contributed by atoms with van der Waals surface area (Å²) in [6.07, 6.45) is 1.26. The van der Waals surface area contributed by atoms with Crippen LogP contribution in [0, 0.1) is 0 Å². The number of hydrogen-bond acceptors (Lipinski definition) is 4. The van der Waals surface area contributed by atoms with Gasteiger partial charge >= 0.3 is 5.97 Å². The highest BCUT2D eigenvalue weighted by atomic mass is 16.5. The number of methoxy groups -OCH3 is 1. The van der Waals surface area contributed by atoms with Crippen LogP contribution in [0.2, 0.25) is 0 Å². The van der Waals surface area contributed by atoms with Crippen molar-refractivity contribution in [2.75, 3.05) is 33.5 Å². The van der Waals surface area contributed by atoms with Gasteiger partial charge in [0.05, 0.1) is 13.2 Å². The maximum atomic E-state index is 11.6. The van der Waals surface area contributed by atoms with E-state index in [0.717, 1.165) is 6.42 Å². The van der Waals surface area contributed by atoms with E-state index < -0.39 is 12.0 Å². The Morgan fingerprint density at radius 2 is 2.19 bits per heavy atom. The highest BCUT2D eigenvalue weighted by molar-refractivity contribution is 5.84. The van der Waals surface area contributed by atoms with E-state index >= 15 is 0 Å². The quantitative estimate of drug-likeness (QED) is 0.636. The largest absolute Gasteiger partial charge is 0.480 e. The predicted molar refractivity (Wildman–Crippen MR) is 55.1 cm³/mol. The smallest absolute Gasteiger partial charge is 0.326 e. The van der Waals surface area contributed by atoms with Crippen LogP contribution in [0.15, 0.2) is 0 Å². The zero-order chi connectivity index (χ0) is 12.0. The molecule has 1 atom stereocenters. The molecule has 0 radical (unpaired) electrons. The summed E-state index contributed by atoms with van der Waals surface area (Å²) < 4.78 is 9.83. The molecule has 1 aliphatic heterocycles. The van der Waals surface area contributed by atoms with Crippen LogP contribution in [-0.2, 0) is 19.1 Å². The summed E-state index contributed by atoms with van der Waals surface area (Å²) in [6.45, 7) is 1.19. The molecule has 1 amide bonds. The molecule has 1 fully saturated rings. The maximum absolute atomic E-state index is 11.6. The standard InChI is InChI=1S/C10H17NO5/c1-15-5-6-16-7-9(12)11-4-2-3-8(11)10(13)14/h8H,2-7H2,1H3,(H,13,14)/t8-/m1/s1. The van der Waals surface area contributed by atoms with Gasteiger partial charge in [-0.3, -0.25) is 4.79 Å². The summed E-state index contributed by atoms with van der Waals surface area (Å²) in [7, 11) is 1.55. The Hall–Kier alpha value is -1.14. The van der Waals surface area contributed by atoms with Crippen molar-refractivity contribution in [2.45, 2.75) is 18.9 Å². The zero-order valence-electron chi connectivity index (χ0n) is 9.35. The molecule has 0 saturated carbocycles. The van der Waals surface area contributed by atoms with E-state index in [2.05, 4.69) is 0 Å². The normalized spacial score (nSPS) is 20.1. The number of rotatable bonds is 6. The topological polar surface area (TPSA) is 76.1 Å². The van der Waals surface area contributed by atoms with Gasteiger partial charge < -0.3 is 19.5 Å². The fourth-order valence-corrected chi connectivity index (χ4v) is 1.71. The van der Waals surface area contributed by atoms with Crippen molar-refractivity contribution in [1.29, 1.82) is 0 Å². The fourth-order valence-electron chi connectivity index (χ4n) is 1.71. The van der Waals surface area contributed by atoms with E-state index in [1.807, 2.05) is 0 Å². The Morgan fingerprint density at radius 1 is 1.44 bits per heavy atom. The lowest BCUT2D eigenvalue weighted by atomic mass is 10.2. The number of amides is 1. The Morgan fingerprint density at radius 3 is 2.81 bits per heavy atom. The van der Waals surface area contributed by atoms with Crippen LogP contribution in [0.25, 0.3) is 0 Å². The number of carbonyl (C=O) groups is 2. The van der Waals surface area contributed by atoms with E-state index in [9.17, 15) is 9.59 Å². The fraction of sp³-hybridized carbons (Fsp3) is 0.800. The van der Waals surface area contributed by atoms with E-state index in [1.165, 1.54) is 4.90 Å². The summed E-state index contributed by atoms with van der Waals surface area (Å²) in [6, 6.07) is -0.682. The summed E-state index contributed by atoms with van der Waals surface area (Å²) in [5, 5.41) is 8.89. The van der Waals surface area contributed by atoms with Gasteiger partial charge in [-0.2, -0.15) is 0 Å². The number of likely N-dealkylation sites (tertiary alicyclic amines) is 1. The third kappa shape index (κ3) is 3.46.